The molecule has 1 atom stereocenters. The molecule has 1 aromatic heterocycles. The van der Waals surface area contributed by atoms with Gasteiger partial charge in [-0.2, -0.15) is 11.3 Å². The zero-order valence-corrected chi connectivity index (χ0v) is 17.9. The van der Waals surface area contributed by atoms with E-state index in [1.807, 2.05) is 13.8 Å². The number of thiophene rings is 1. The Morgan fingerprint density at radius 1 is 1.24 bits per heavy atom. The first-order valence-electron chi connectivity index (χ1n) is 10.3. The molecule has 1 saturated heterocycles. The predicted octanol–water partition coefficient (Wildman–Crippen LogP) is 4.35. The number of guanidine groups is 1. The third-order valence-electron chi connectivity index (χ3n) is 5.29. The summed E-state index contributed by atoms with van der Waals surface area (Å²) in [5.74, 6) is -0.825. The van der Waals surface area contributed by atoms with Crippen LogP contribution in [0.4, 0.5) is 8.78 Å². The van der Waals surface area contributed by atoms with Crippen LogP contribution in [0.2, 0.25) is 0 Å². The Balaban J connectivity index is 1.50. The van der Waals surface area contributed by atoms with Crippen molar-refractivity contribution in [3.63, 3.8) is 0 Å². The third kappa shape index (κ3) is 6.51. The number of aliphatic imine (C=N–C) groups is 1. The second kappa shape index (κ2) is 10.7. The van der Waals surface area contributed by atoms with Crippen LogP contribution < -0.4 is 10.6 Å². The molecule has 2 heterocycles. The van der Waals surface area contributed by atoms with Gasteiger partial charge in [-0.25, -0.2) is 8.78 Å². The quantitative estimate of drug-likeness (QED) is 0.517. The number of nitrogens with zero attached hydrogens (tertiary/aromatic N) is 2. The fourth-order valence-electron chi connectivity index (χ4n) is 3.54. The summed E-state index contributed by atoms with van der Waals surface area (Å²) in [5, 5.41) is 11.2. The summed E-state index contributed by atoms with van der Waals surface area (Å²) in [5.41, 5.74) is 2.15. The van der Waals surface area contributed by atoms with E-state index in [2.05, 4.69) is 37.4 Å². The predicted molar refractivity (Wildman–Crippen MR) is 117 cm³/mol. The number of benzene rings is 1. The Hall–Kier alpha value is -1.99. The summed E-state index contributed by atoms with van der Waals surface area (Å²) >= 11 is 1.75. The second-order valence-electron chi connectivity index (χ2n) is 7.62. The van der Waals surface area contributed by atoms with E-state index >= 15 is 0 Å². The van der Waals surface area contributed by atoms with Crippen LogP contribution in [0.15, 0.2) is 40.0 Å². The molecule has 29 heavy (non-hydrogen) atoms. The standard InChI is InChI=1S/C22H30F2N4S/c1-3-25-22(26-13-16(2)18-4-5-20(23)21(24)12-18)27-19-6-9-28(10-7-19)14-17-8-11-29-15-17/h4-5,8,11-12,15-16,19H,3,6-7,9-10,13-14H2,1-2H3,(H2,25,26,27). The van der Waals surface area contributed by atoms with Crippen molar-refractivity contribution < 1.29 is 8.78 Å². The number of likely N-dealkylation sites (tertiary alicyclic amines) is 1. The van der Waals surface area contributed by atoms with E-state index in [0.29, 0.717) is 12.6 Å². The van der Waals surface area contributed by atoms with Crippen molar-refractivity contribution in [2.75, 3.05) is 26.2 Å². The van der Waals surface area contributed by atoms with E-state index < -0.39 is 11.6 Å². The molecule has 3 rings (SSSR count). The Morgan fingerprint density at radius 2 is 2.03 bits per heavy atom. The molecule has 1 fully saturated rings. The minimum absolute atomic E-state index is 0.00742. The molecule has 0 bridgehead atoms. The zero-order chi connectivity index (χ0) is 20.6. The summed E-state index contributed by atoms with van der Waals surface area (Å²) in [6.07, 6.45) is 2.15. The molecule has 2 N–H and O–H groups in total. The molecule has 4 nitrogen and oxygen atoms in total. The molecular formula is C22H30F2N4S. The van der Waals surface area contributed by atoms with Crippen LogP contribution in [0.25, 0.3) is 0 Å². The van der Waals surface area contributed by atoms with E-state index in [0.717, 1.165) is 50.5 Å². The number of piperidine rings is 1. The third-order valence-corrected chi connectivity index (χ3v) is 6.03. The van der Waals surface area contributed by atoms with Crippen molar-refractivity contribution >= 4 is 17.3 Å². The summed E-state index contributed by atoms with van der Waals surface area (Å²) in [6, 6.07) is 6.66. The van der Waals surface area contributed by atoms with Gasteiger partial charge in [0.25, 0.3) is 0 Å². The van der Waals surface area contributed by atoms with E-state index in [4.69, 9.17) is 0 Å². The lowest BCUT2D eigenvalue weighted by Gasteiger charge is -2.33. The first kappa shape index (κ1) is 21.7. The minimum Gasteiger partial charge on any atom is -0.357 e. The first-order chi connectivity index (χ1) is 14.0. The molecule has 158 valence electrons. The normalized spacial score (nSPS) is 17.3. The van der Waals surface area contributed by atoms with Crippen LogP contribution in [0.5, 0.6) is 0 Å². The molecule has 0 amide bonds. The van der Waals surface area contributed by atoms with Gasteiger partial charge in [-0.1, -0.05) is 13.0 Å². The highest BCUT2D eigenvalue weighted by Gasteiger charge is 2.20. The molecule has 7 heteroatoms. The monoisotopic (exact) mass is 420 g/mol. The van der Waals surface area contributed by atoms with Crippen molar-refractivity contribution in [2.45, 2.75) is 45.2 Å². The molecule has 1 aliphatic rings. The van der Waals surface area contributed by atoms with Crippen molar-refractivity contribution in [2.24, 2.45) is 4.99 Å². The molecule has 0 aliphatic carbocycles. The van der Waals surface area contributed by atoms with Gasteiger partial charge in [0.1, 0.15) is 0 Å². The molecular weight excluding hydrogens is 390 g/mol. The Kier molecular flexibility index (Phi) is 8.00. The fourth-order valence-corrected chi connectivity index (χ4v) is 4.20. The van der Waals surface area contributed by atoms with E-state index in [9.17, 15) is 8.78 Å². The van der Waals surface area contributed by atoms with E-state index in [1.165, 1.54) is 17.7 Å². The Morgan fingerprint density at radius 3 is 2.69 bits per heavy atom. The van der Waals surface area contributed by atoms with Crippen molar-refractivity contribution in [3.05, 3.63) is 57.8 Å². The van der Waals surface area contributed by atoms with Gasteiger partial charge in [0.2, 0.25) is 0 Å². The van der Waals surface area contributed by atoms with Crippen molar-refractivity contribution in [3.8, 4) is 0 Å². The highest BCUT2D eigenvalue weighted by Crippen LogP contribution is 2.19. The Labute approximate surface area is 176 Å². The topological polar surface area (TPSA) is 39.7 Å². The summed E-state index contributed by atoms with van der Waals surface area (Å²) in [7, 11) is 0. The molecule has 0 radical (unpaired) electrons. The zero-order valence-electron chi connectivity index (χ0n) is 17.1. The first-order valence-corrected chi connectivity index (χ1v) is 11.2. The van der Waals surface area contributed by atoms with Gasteiger partial charge in [0.05, 0.1) is 0 Å². The lowest BCUT2D eigenvalue weighted by molar-refractivity contribution is 0.198. The molecule has 0 saturated carbocycles. The van der Waals surface area contributed by atoms with Crippen LogP contribution >= 0.6 is 11.3 Å². The maximum absolute atomic E-state index is 13.5. The van der Waals surface area contributed by atoms with Gasteiger partial charge in [-0.05, 0) is 59.9 Å². The van der Waals surface area contributed by atoms with Gasteiger partial charge in [-0.3, -0.25) is 9.89 Å². The summed E-state index contributed by atoms with van der Waals surface area (Å²) in [4.78, 5) is 7.18. The van der Waals surface area contributed by atoms with Crippen molar-refractivity contribution in [1.82, 2.24) is 15.5 Å². The number of hydrogen-bond donors (Lipinski definition) is 2. The number of hydrogen-bond acceptors (Lipinski definition) is 3. The van der Waals surface area contributed by atoms with Crippen LogP contribution in [-0.4, -0.2) is 43.1 Å². The average Bonchev–Trinajstić information content (AvgIpc) is 3.22. The van der Waals surface area contributed by atoms with Crippen molar-refractivity contribution in [1.29, 1.82) is 0 Å². The van der Waals surface area contributed by atoms with E-state index in [1.54, 1.807) is 17.4 Å². The lowest BCUT2D eigenvalue weighted by Crippen LogP contribution is -2.48. The second-order valence-corrected chi connectivity index (χ2v) is 8.40. The molecule has 1 aromatic carbocycles. The lowest BCUT2D eigenvalue weighted by atomic mass is 10.0. The Bertz CT molecular complexity index is 786. The average molecular weight is 421 g/mol. The van der Waals surface area contributed by atoms with Gasteiger partial charge < -0.3 is 10.6 Å². The number of rotatable bonds is 7. The maximum Gasteiger partial charge on any atom is 0.191 e. The largest absolute Gasteiger partial charge is 0.357 e. The summed E-state index contributed by atoms with van der Waals surface area (Å²) in [6.45, 7) is 8.47. The molecule has 2 aromatic rings. The van der Waals surface area contributed by atoms with Gasteiger partial charge in [0.15, 0.2) is 17.6 Å². The highest BCUT2D eigenvalue weighted by atomic mass is 32.1. The molecule has 1 aliphatic heterocycles. The number of nitrogens with one attached hydrogen (secondary N) is 2. The molecule has 0 spiro atoms. The van der Waals surface area contributed by atoms with Crippen LogP contribution in [0, 0.1) is 11.6 Å². The number of halogens is 2. The van der Waals surface area contributed by atoms with Crippen LogP contribution in [0.1, 0.15) is 43.7 Å². The van der Waals surface area contributed by atoms with Crippen LogP contribution in [0.3, 0.4) is 0 Å². The fraction of sp³-hybridized carbons (Fsp3) is 0.500. The van der Waals surface area contributed by atoms with E-state index in [-0.39, 0.29) is 5.92 Å². The summed E-state index contributed by atoms with van der Waals surface area (Å²) < 4.78 is 26.6. The van der Waals surface area contributed by atoms with Gasteiger partial charge in [0, 0.05) is 44.7 Å². The highest BCUT2D eigenvalue weighted by molar-refractivity contribution is 7.07. The maximum atomic E-state index is 13.5. The smallest absolute Gasteiger partial charge is 0.191 e. The SMILES string of the molecule is CCNC(=NCC(C)c1ccc(F)c(F)c1)NC1CCN(Cc2ccsc2)CC1. The molecule has 1 unspecified atom stereocenters. The van der Waals surface area contributed by atoms with Gasteiger partial charge >= 0.3 is 0 Å². The minimum atomic E-state index is -0.815. The van der Waals surface area contributed by atoms with Crippen LogP contribution in [-0.2, 0) is 6.54 Å². The van der Waals surface area contributed by atoms with Gasteiger partial charge in [-0.15, -0.1) is 0 Å².